The molecule has 3 amide bonds. The number of amides is 3. The first-order valence-electron chi connectivity index (χ1n) is 8.63. The average Bonchev–Trinajstić information content (AvgIpc) is 3.14. The van der Waals surface area contributed by atoms with Crippen LogP contribution in [0.4, 0.5) is 11.4 Å². The Balaban J connectivity index is 1.85. The number of para-hydroxylation sites is 2. The molecule has 8 nitrogen and oxygen atoms in total. The molecule has 150 valence electrons. The molecule has 30 heavy (non-hydrogen) atoms. The Bertz CT molecular complexity index is 1190. The van der Waals surface area contributed by atoms with E-state index < -0.39 is 30.2 Å². The number of hydrogen-bond donors (Lipinski definition) is 2. The number of anilines is 2. The van der Waals surface area contributed by atoms with E-state index in [0.717, 1.165) is 21.6 Å². The van der Waals surface area contributed by atoms with Crippen LogP contribution in [-0.2, 0) is 14.4 Å². The van der Waals surface area contributed by atoms with Gasteiger partial charge in [-0.15, -0.1) is 0 Å². The van der Waals surface area contributed by atoms with Gasteiger partial charge in [0.1, 0.15) is 6.54 Å². The Morgan fingerprint density at radius 3 is 2.30 bits per heavy atom. The van der Waals surface area contributed by atoms with Gasteiger partial charge in [-0.3, -0.25) is 29.0 Å². The number of carboxylic acid groups (broad SMARTS) is 1. The van der Waals surface area contributed by atoms with Crippen molar-refractivity contribution in [1.29, 1.82) is 0 Å². The van der Waals surface area contributed by atoms with Gasteiger partial charge in [-0.25, -0.2) is 0 Å². The second-order valence-electron chi connectivity index (χ2n) is 6.40. The number of carboxylic acids is 1. The molecule has 2 heterocycles. The molecule has 3 N–H and O–H groups in total. The normalized spacial score (nSPS) is 18.2. The zero-order valence-corrected chi connectivity index (χ0v) is 16.8. The largest absolute Gasteiger partial charge is 0.480 e. The second kappa shape index (κ2) is 7.39. The van der Waals surface area contributed by atoms with Crippen molar-refractivity contribution in [3.05, 3.63) is 64.6 Å². The first kappa shape index (κ1) is 19.8. The van der Waals surface area contributed by atoms with Crippen LogP contribution in [0.1, 0.15) is 15.9 Å². The molecule has 2 aliphatic heterocycles. The van der Waals surface area contributed by atoms with Gasteiger partial charge in [0.15, 0.2) is 4.32 Å². The summed E-state index contributed by atoms with van der Waals surface area (Å²) >= 11 is 6.28. The maximum absolute atomic E-state index is 13.3. The van der Waals surface area contributed by atoms with Crippen molar-refractivity contribution in [3.8, 4) is 0 Å². The van der Waals surface area contributed by atoms with Gasteiger partial charge in [0.25, 0.3) is 17.7 Å². The molecule has 0 aliphatic carbocycles. The number of carbonyl (C=O) groups is 4. The predicted octanol–water partition coefficient (Wildman–Crippen LogP) is 1.99. The van der Waals surface area contributed by atoms with Crippen molar-refractivity contribution in [2.75, 3.05) is 16.3 Å². The van der Waals surface area contributed by atoms with Crippen LogP contribution < -0.4 is 15.5 Å². The third-order valence-corrected chi connectivity index (χ3v) is 6.00. The van der Waals surface area contributed by atoms with E-state index >= 15 is 0 Å². The number of rotatable bonds is 4. The first-order valence-corrected chi connectivity index (χ1v) is 9.86. The van der Waals surface area contributed by atoms with Gasteiger partial charge in [0.05, 0.1) is 27.4 Å². The minimum atomic E-state index is -1.18. The van der Waals surface area contributed by atoms with Gasteiger partial charge < -0.3 is 10.8 Å². The molecular weight excluding hydrogens is 426 g/mol. The Morgan fingerprint density at radius 2 is 1.63 bits per heavy atom. The van der Waals surface area contributed by atoms with E-state index in [0.29, 0.717) is 11.3 Å². The minimum absolute atomic E-state index is 0.0737. The number of hydrogen-bond acceptors (Lipinski definition) is 6. The molecule has 2 aromatic rings. The van der Waals surface area contributed by atoms with E-state index in [1.54, 1.807) is 42.5 Å². The fourth-order valence-electron chi connectivity index (χ4n) is 3.40. The van der Waals surface area contributed by atoms with Gasteiger partial charge in [0.2, 0.25) is 0 Å². The van der Waals surface area contributed by atoms with Gasteiger partial charge in [-0.05, 0) is 18.2 Å². The van der Waals surface area contributed by atoms with Crippen LogP contribution >= 0.6 is 24.0 Å². The van der Waals surface area contributed by atoms with E-state index in [1.807, 2.05) is 0 Å². The number of nitrogens with two attached hydrogens (primary N) is 1. The van der Waals surface area contributed by atoms with Crippen molar-refractivity contribution < 1.29 is 24.3 Å². The van der Waals surface area contributed by atoms with Crippen molar-refractivity contribution in [2.24, 2.45) is 5.73 Å². The second-order valence-corrected chi connectivity index (χ2v) is 8.04. The van der Waals surface area contributed by atoms with Crippen molar-refractivity contribution >= 4 is 68.9 Å². The summed E-state index contributed by atoms with van der Waals surface area (Å²) in [5, 5.41) is 9.18. The van der Waals surface area contributed by atoms with E-state index in [2.05, 4.69) is 0 Å². The lowest BCUT2D eigenvalue weighted by molar-refractivity contribution is -0.136. The van der Waals surface area contributed by atoms with E-state index in [9.17, 15) is 24.3 Å². The van der Waals surface area contributed by atoms with E-state index in [-0.39, 0.29) is 26.0 Å². The fraction of sp³-hybridized carbons (Fsp3) is 0.0500. The third kappa shape index (κ3) is 3.06. The molecule has 2 aliphatic rings. The molecule has 1 fully saturated rings. The lowest BCUT2D eigenvalue weighted by Crippen LogP contribution is -2.33. The number of aliphatic carboxylic acids is 1. The molecule has 2 aromatic carbocycles. The topological polar surface area (TPSA) is 121 Å². The summed E-state index contributed by atoms with van der Waals surface area (Å²) in [5.74, 6) is -3.07. The van der Waals surface area contributed by atoms with Crippen LogP contribution in [-0.4, -0.2) is 39.7 Å². The van der Waals surface area contributed by atoms with Crippen molar-refractivity contribution in [3.63, 3.8) is 0 Å². The van der Waals surface area contributed by atoms with E-state index in [4.69, 9.17) is 18.0 Å². The molecule has 4 rings (SSSR count). The summed E-state index contributed by atoms with van der Waals surface area (Å²) in [7, 11) is 0. The van der Waals surface area contributed by atoms with E-state index in [1.165, 1.54) is 6.07 Å². The number of nitrogens with zero attached hydrogens (tertiary/aromatic N) is 2. The highest BCUT2D eigenvalue weighted by Crippen LogP contribution is 2.45. The molecule has 1 saturated heterocycles. The molecule has 0 atom stereocenters. The Morgan fingerprint density at radius 1 is 1.00 bits per heavy atom. The Kier molecular flexibility index (Phi) is 4.88. The number of thiocarbonyl (C=S) groups is 1. The zero-order chi connectivity index (χ0) is 21.6. The number of carbonyl (C=O) groups excluding carboxylic acids is 3. The fourth-order valence-corrected chi connectivity index (χ4v) is 4.75. The van der Waals surface area contributed by atoms with Crippen LogP contribution in [0.5, 0.6) is 0 Å². The molecule has 10 heteroatoms. The maximum Gasteiger partial charge on any atom is 0.323 e. The zero-order valence-electron chi connectivity index (χ0n) is 15.2. The van der Waals surface area contributed by atoms with Gasteiger partial charge >= 0.3 is 5.97 Å². The van der Waals surface area contributed by atoms with Crippen molar-refractivity contribution in [2.45, 2.75) is 0 Å². The summed E-state index contributed by atoms with van der Waals surface area (Å²) < 4.78 is 0.137. The molecular formula is C20H13N3O5S2. The highest BCUT2D eigenvalue weighted by atomic mass is 32.2. The van der Waals surface area contributed by atoms with Crippen LogP contribution in [0.25, 0.3) is 5.57 Å². The van der Waals surface area contributed by atoms with Gasteiger partial charge in [-0.2, -0.15) is 0 Å². The third-order valence-electron chi connectivity index (χ3n) is 4.62. The number of fused-ring (bicyclic) bond motifs is 1. The maximum atomic E-state index is 13.3. The van der Waals surface area contributed by atoms with Gasteiger partial charge in [0, 0.05) is 5.56 Å². The van der Waals surface area contributed by atoms with Crippen molar-refractivity contribution in [1.82, 2.24) is 0 Å². The smallest absolute Gasteiger partial charge is 0.323 e. The molecule has 0 radical (unpaired) electrons. The molecule has 0 bridgehead atoms. The number of benzene rings is 2. The highest BCUT2D eigenvalue weighted by molar-refractivity contribution is 8.27. The standard InChI is InChI=1S/C20H13N3O5S2/c21-17(26)11-6-2-4-8-13(11)23-19(28)16(30-20(23)29)15-10-5-1-3-7-12(10)22(18(15)27)9-14(24)25/h1-8H,9H2,(H2,21,26)(H,24,25)/b16-15-. The van der Waals surface area contributed by atoms with Gasteiger partial charge in [-0.1, -0.05) is 54.3 Å². The lowest BCUT2D eigenvalue weighted by atomic mass is 10.1. The summed E-state index contributed by atoms with van der Waals surface area (Å²) in [6.45, 7) is -0.538. The highest BCUT2D eigenvalue weighted by Gasteiger charge is 2.43. The van der Waals surface area contributed by atoms with Crippen LogP contribution in [0.15, 0.2) is 53.4 Å². The summed E-state index contributed by atoms with van der Waals surface area (Å²) in [4.78, 5) is 51.7. The molecule has 0 aromatic heterocycles. The minimum Gasteiger partial charge on any atom is -0.480 e. The molecule has 0 unspecified atom stereocenters. The number of thioether (sulfide) groups is 1. The SMILES string of the molecule is NC(=O)c1ccccc1N1C(=O)/C(=C2/C(=O)N(CC(=O)O)c3ccccc32)SC1=S. The Hall–Kier alpha value is -3.50. The average molecular weight is 439 g/mol. The quantitative estimate of drug-likeness (QED) is 0.552. The lowest BCUT2D eigenvalue weighted by Gasteiger charge is -2.17. The Labute approximate surface area is 179 Å². The number of primary amides is 1. The summed E-state index contributed by atoms with van der Waals surface area (Å²) in [6, 6.07) is 12.9. The molecule has 0 saturated carbocycles. The van der Waals surface area contributed by atoms with Crippen LogP contribution in [0, 0.1) is 0 Å². The first-order chi connectivity index (χ1) is 14.3. The monoisotopic (exact) mass is 439 g/mol. The van der Waals surface area contributed by atoms with Crippen LogP contribution in [0.3, 0.4) is 0 Å². The van der Waals surface area contributed by atoms with Crippen LogP contribution in [0.2, 0.25) is 0 Å². The summed E-state index contributed by atoms with van der Waals surface area (Å²) in [5.41, 5.74) is 6.71. The predicted molar refractivity (Wildman–Crippen MR) is 116 cm³/mol. The summed E-state index contributed by atoms with van der Waals surface area (Å²) in [6.07, 6.45) is 0. The molecule has 0 spiro atoms.